The molecule has 1 aromatic rings. The zero-order valence-electron chi connectivity index (χ0n) is 39.2. The third kappa shape index (κ3) is 18.8. The number of nitrogens with two attached hydrogens (primary N) is 3. The molecule has 2 fully saturated rings. The van der Waals surface area contributed by atoms with Crippen LogP contribution in [-0.4, -0.2) is 148 Å². The summed E-state index contributed by atoms with van der Waals surface area (Å²) in [5.74, 6) is -10.4. The number of amides is 11. The number of hydrogen-bond donors (Lipinski definition) is 11. The van der Waals surface area contributed by atoms with Crippen molar-refractivity contribution in [1.29, 1.82) is 0 Å². The molecule has 11 amide bonds. The van der Waals surface area contributed by atoms with E-state index in [0.29, 0.717) is 12.0 Å². The lowest BCUT2D eigenvalue weighted by molar-refractivity contribution is -0.143. The van der Waals surface area contributed by atoms with Crippen LogP contribution in [0, 0.1) is 11.8 Å². The average molecular weight is 992 g/mol. The van der Waals surface area contributed by atoms with Crippen molar-refractivity contribution in [2.45, 2.75) is 134 Å². The van der Waals surface area contributed by atoms with Crippen LogP contribution in [0.4, 0.5) is 4.39 Å². The van der Waals surface area contributed by atoms with Crippen LogP contribution in [0.3, 0.4) is 0 Å². The molecule has 0 aromatic heterocycles. The van der Waals surface area contributed by atoms with Gasteiger partial charge in [0.05, 0.1) is 19.5 Å². The van der Waals surface area contributed by atoms with Crippen molar-refractivity contribution in [3.8, 4) is 5.75 Å². The number of alkyl halides is 1. The van der Waals surface area contributed by atoms with Crippen LogP contribution in [0.2, 0.25) is 0 Å². The van der Waals surface area contributed by atoms with Gasteiger partial charge in [-0.1, -0.05) is 46.2 Å². The molecule has 3 rings (SSSR count). The fraction of sp³-hybridized carbons (Fsp3) is 0.614. The van der Waals surface area contributed by atoms with Crippen LogP contribution >= 0.6 is 11.8 Å². The SMILES string of the molecule is CC[C@H](C)[C@@H]1NC(=O)[C@H](Cc2ccc(O)cc2)NC(=O)CCSCC[C@@H](C(=O)N2C[C@H](F)C[C@H]2C(=O)N[C@@H](CC(C)C)C(=O)NCC(N)=O)NC(=O)[C@H](CC(N)=O)NC(=O)C(CCC(N)=O)NC1=O. The molecule has 0 spiro atoms. The Labute approximate surface area is 403 Å². The van der Waals surface area contributed by atoms with Gasteiger partial charge in [-0.25, -0.2) is 4.39 Å². The second kappa shape index (κ2) is 27.5. The topological polar surface area (TPSA) is 374 Å². The lowest BCUT2D eigenvalue weighted by Gasteiger charge is -2.31. The summed E-state index contributed by atoms with van der Waals surface area (Å²) >= 11 is 1.16. The maximum atomic E-state index is 15.3. The first-order valence-corrected chi connectivity index (χ1v) is 23.9. The van der Waals surface area contributed by atoms with Crippen molar-refractivity contribution >= 4 is 76.7 Å². The molecule has 1 aromatic carbocycles. The first-order chi connectivity index (χ1) is 32.5. The third-order valence-corrected chi connectivity index (χ3v) is 12.4. The van der Waals surface area contributed by atoms with Crippen molar-refractivity contribution in [2.24, 2.45) is 29.0 Å². The molecule has 2 aliphatic heterocycles. The number of nitrogens with one attached hydrogen (secondary N) is 7. The van der Waals surface area contributed by atoms with Gasteiger partial charge in [-0.2, -0.15) is 11.8 Å². The van der Waals surface area contributed by atoms with Crippen LogP contribution in [-0.2, 0) is 59.2 Å². The van der Waals surface area contributed by atoms with Gasteiger partial charge in [0.2, 0.25) is 65.0 Å². The van der Waals surface area contributed by atoms with Gasteiger partial charge >= 0.3 is 0 Å². The molecule has 69 heavy (non-hydrogen) atoms. The second-order valence-corrected chi connectivity index (χ2v) is 18.8. The summed E-state index contributed by atoms with van der Waals surface area (Å²) in [6.07, 6.45) is -3.89. The van der Waals surface area contributed by atoms with E-state index in [-0.39, 0.29) is 48.9 Å². The summed E-state index contributed by atoms with van der Waals surface area (Å²) in [5, 5.41) is 27.4. The minimum Gasteiger partial charge on any atom is -0.508 e. The minimum atomic E-state index is -1.80. The summed E-state index contributed by atoms with van der Waals surface area (Å²) in [6.45, 7) is 5.80. The maximum absolute atomic E-state index is 15.3. The number of hydrogen-bond acceptors (Lipinski definition) is 13. The molecule has 2 aliphatic rings. The number of carbonyl (C=O) groups is 11. The molecule has 382 valence electrons. The zero-order chi connectivity index (χ0) is 51.5. The summed E-state index contributed by atoms with van der Waals surface area (Å²) in [4.78, 5) is 147. The van der Waals surface area contributed by atoms with Crippen molar-refractivity contribution < 1.29 is 62.2 Å². The van der Waals surface area contributed by atoms with E-state index in [1.54, 1.807) is 39.8 Å². The Kier molecular flexibility index (Phi) is 22.6. The van der Waals surface area contributed by atoms with Crippen LogP contribution in [0.5, 0.6) is 5.75 Å². The standard InChI is InChI=1S/C44H66FN11O12S/c1-5-23(4)37-43(67)51-27(10-11-33(46)58)39(63)53-31(19-34(47)59)40(64)52-28(12-14-69-15-13-36(61)50-30(41(65)55-37)17-24-6-8-26(57)9-7-24)44(68)56-21-25(45)18-32(56)42(66)54-29(16-22(2)3)38(62)49-20-35(48)60/h6-9,22-23,25,27-32,37,57H,5,10-21H2,1-4H3,(H2,46,58)(H2,47,59)(H2,48,60)(H,49,62)(H,50,61)(H,51,67)(H,52,64)(H,53,63)(H,54,66)(H,55,65)/t23-,25+,27?,28-,29-,30-,31-,32-,37-/m0/s1. The number of primary amides is 3. The molecular formula is C44H66FN11O12S. The first kappa shape index (κ1) is 56.8. The van der Waals surface area contributed by atoms with Crippen molar-refractivity contribution in [2.75, 3.05) is 24.6 Å². The number of aromatic hydroxyl groups is 1. The molecule has 0 radical (unpaired) electrons. The third-order valence-electron chi connectivity index (χ3n) is 11.4. The van der Waals surface area contributed by atoms with Crippen molar-refractivity contribution in [3.63, 3.8) is 0 Å². The van der Waals surface area contributed by atoms with E-state index in [4.69, 9.17) is 17.2 Å². The van der Waals surface area contributed by atoms with Gasteiger partial charge in [0.1, 0.15) is 54.2 Å². The molecule has 23 nitrogen and oxygen atoms in total. The fourth-order valence-corrected chi connectivity index (χ4v) is 8.48. The van der Waals surface area contributed by atoms with Gasteiger partial charge in [0.15, 0.2) is 0 Å². The molecule has 14 N–H and O–H groups in total. The number of rotatable bonds is 17. The highest BCUT2D eigenvalue weighted by Crippen LogP contribution is 2.24. The molecular weight excluding hydrogens is 926 g/mol. The summed E-state index contributed by atoms with van der Waals surface area (Å²) < 4.78 is 15.3. The number of nitrogens with zero attached hydrogens (tertiary/aromatic N) is 1. The molecule has 0 saturated carbocycles. The van der Waals surface area contributed by atoms with Crippen LogP contribution in [0.1, 0.15) is 84.6 Å². The predicted octanol–water partition coefficient (Wildman–Crippen LogP) is -2.86. The Morgan fingerprint density at radius 3 is 2.07 bits per heavy atom. The Bertz CT molecular complexity index is 2050. The smallest absolute Gasteiger partial charge is 0.245 e. The van der Waals surface area contributed by atoms with E-state index < -0.39 is 158 Å². The van der Waals surface area contributed by atoms with Gasteiger partial charge in [0.25, 0.3) is 0 Å². The Morgan fingerprint density at radius 2 is 1.46 bits per heavy atom. The summed E-state index contributed by atoms with van der Waals surface area (Å²) in [5.41, 5.74) is 16.6. The lowest BCUT2D eigenvalue weighted by Crippen LogP contribution is -2.61. The summed E-state index contributed by atoms with van der Waals surface area (Å²) in [7, 11) is 0. The van der Waals surface area contributed by atoms with E-state index in [2.05, 4.69) is 37.2 Å². The van der Waals surface area contributed by atoms with Crippen LogP contribution in [0.15, 0.2) is 24.3 Å². The van der Waals surface area contributed by atoms with Crippen LogP contribution < -0.4 is 54.4 Å². The molecule has 0 aliphatic carbocycles. The minimum absolute atomic E-state index is 0.0402. The highest BCUT2D eigenvalue weighted by atomic mass is 32.2. The van der Waals surface area contributed by atoms with Gasteiger partial charge in [0, 0.05) is 31.4 Å². The van der Waals surface area contributed by atoms with Gasteiger partial charge in [-0.05, 0) is 54.5 Å². The Balaban J connectivity index is 2.04. The maximum Gasteiger partial charge on any atom is 0.245 e. The van der Waals surface area contributed by atoms with Crippen molar-refractivity contribution in [3.05, 3.63) is 29.8 Å². The molecule has 2 saturated heterocycles. The normalized spacial score (nSPS) is 24.3. The quantitative estimate of drug-likeness (QED) is 0.0750. The van der Waals surface area contributed by atoms with E-state index in [1.165, 1.54) is 12.1 Å². The number of halogens is 1. The monoisotopic (exact) mass is 991 g/mol. The van der Waals surface area contributed by atoms with Crippen molar-refractivity contribution in [1.82, 2.24) is 42.1 Å². The number of benzene rings is 1. The lowest BCUT2D eigenvalue weighted by atomic mass is 9.96. The van der Waals surface area contributed by atoms with E-state index in [0.717, 1.165) is 16.7 Å². The predicted molar refractivity (Wildman–Crippen MR) is 248 cm³/mol. The zero-order valence-corrected chi connectivity index (χ0v) is 40.0. The second-order valence-electron chi connectivity index (χ2n) is 17.6. The molecule has 2 heterocycles. The van der Waals surface area contributed by atoms with E-state index in [1.807, 2.05) is 0 Å². The highest BCUT2D eigenvalue weighted by molar-refractivity contribution is 7.99. The molecule has 1 unspecified atom stereocenters. The Morgan fingerprint density at radius 1 is 0.826 bits per heavy atom. The number of thioether (sulfide) groups is 1. The fourth-order valence-electron chi connectivity index (χ4n) is 7.54. The molecule has 0 bridgehead atoms. The molecule has 9 atom stereocenters. The Hall–Kier alpha value is -6.53. The highest BCUT2D eigenvalue weighted by Gasteiger charge is 2.44. The van der Waals surface area contributed by atoms with Crippen LogP contribution in [0.25, 0.3) is 0 Å². The average Bonchev–Trinajstić information content (AvgIpc) is 3.68. The first-order valence-electron chi connectivity index (χ1n) is 22.7. The van der Waals surface area contributed by atoms with E-state index in [9.17, 15) is 57.8 Å². The number of likely N-dealkylation sites (tertiary alicyclic amines) is 1. The summed E-state index contributed by atoms with van der Waals surface area (Å²) in [6, 6.07) is -4.32. The van der Waals surface area contributed by atoms with E-state index >= 15 is 4.39 Å². The number of carbonyl (C=O) groups excluding carboxylic acids is 11. The van der Waals surface area contributed by atoms with Gasteiger partial charge < -0.3 is 64.4 Å². The largest absolute Gasteiger partial charge is 0.508 e. The number of phenolic OH excluding ortho intramolecular Hbond substituents is 1. The molecule has 25 heteroatoms. The van der Waals surface area contributed by atoms with Gasteiger partial charge in [-0.3, -0.25) is 52.7 Å². The number of phenols is 1. The van der Waals surface area contributed by atoms with Gasteiger partial charge in [-0.15, -0.1) is 0 Å².